The van der Waals surface area contributed by atoms with Crippen LogP contribution in [0.3, 0.4) is 0 Å². The molecular formula is C17H13F3N2O2S. The van der Waals surface area contributed by atoms with Gasteiger partial charge in [0.05, 0.1) is 17.2 Å². The summed E-state index contributed by atoms with van der Waals surface area (Å²) in [6.07, 6.45) is -4.59. The molecule has 25 heavy (non-hydrogen) atoms. The van der Waals surface area contributed by atoms with Gasteiger partial charge in [0.25, 0.3) is 0 Å². The van der Waals surface area contributed by atoms with Crippen molar-refractivity contribution in [3.8, 4) is 28.1 Å². The zero-order chi connectivity index (χ0) is 17.9. The Bertz CT molecular complexity index is 834. The molecule has 4 nitrogen and oxygen atoms in total. The van der Waals surface area contributed by atoms with Gasteiger partial charge >= 0.3 is 12.2 Å². The summed E-state index contributed by atoms with van der Waals surface area (Å²) >= 11 is 1.29. The molecule has 0 amide bonds. The molecular weight excluding hydrogens is 353 g/mol. The molecule has 1 aromatic carbocycles. The van der Waals surface area contributed by atoms with Crippen LogP contribution in [0.2, 0.25) is 0 Å². The topological polar surface area (TPSA) is 44.2 Å². The Morgan fingerprint density at radius 1 is 1.04 bits per heavy atom. The zero-order valence-electron chi connectivity index (χ0n) is 13.1. The van der Waals surface area contributed by atoms with Crippen LogP contribution in [0, 0.1) is 0 Å². The van der Waals surface area contributed by atoms with E-state index < -0.39 is 11.9 Å². The van der Waals surface area contributed by atoms with E-state index in [1.54, 1.807) is 41.8 Å². The second kappa shape index (κ2) is 7.10. The molecule has 0 fully saturated rings. The smallest absolute Gasteiger partial charge is 0.433 e. The third-order valence-corrected chi connectivity index (χ3v) is 4.01. The average molecular weight is 366 g/mol. The van der Waals surface area contributed by atoms with Gasteiger partial charge in [0.1, 0.15) is 11.5 Å². The summed E-state index contributed by atoms with van der Waals surface area (Å²) < 4.78 is 50.0. The van der Waals surface area contributed by atoms with Gasteiger partial charge in [0.15, 0.2) is 5.69 Å². The second-order valence-electron chi connectivity index (χ2n) is 4.90. The first kappa shape index (κ1) is 17.2. The lowest BCUT2D eigenvalue weighted by atomic mass is 10.3. The number of rotatable bonds is 5. The maximum absolute atomic E-state index is 13.1. The van der Waals surface area contributed by atoms with E-state index in [1.165, 1.54) is 11.3 Å². The molecule has 2 heterocycles. The van der Waals surface area contributed by atoms with Crippen molar-refractivity contribution < 1.29 is 22.6 Å². The predicted octanol–water partition coefficient (Wildman–Crippen LogP) is 5.41. The van der Waals surface area contributed by atoms with Crippen LogP contribution in [0.5, 0.6) is 17.5 Å². The average Bonchev–Trinajstić information content (AvgIpc) is 3.10. The number of ether oxygens (including phenoxy) is 2. The van der Waals surface area contributed by atoms with Crippen molar-refractivity contribution in [1.82, 2.24) is 9.97 Å². The van der Waals surface area contributed by atoms with Gasteiger partial charge in [-0.1, -0.05) is 6.07 Å². The highest BCUT2D eigenvalue weighted by atomic mass is 32.1. The van der Waals surface area contributed by atoms with E-state index >= 15 is 0 Å². The van der Waals surface area contributed by atoms with Crippen molar-refractivity contribution in [1.29, 1.82) is 0 Å². The molecule has 3 rings (SSSR count). The Hall–Kier alpha value is -2.61. The number of nitrogens with zero attached hydrogens (tertiary/aromatic N) is 2. The molecule has 0 bridgehead atoms. The van der Waals surface area contributed by atoms with Crippen LogP contribution in [0.4, 0.5) is 13.2 Å². The van der Waals surface area contributed by atoms with Crippen LogP contribution in [-0.2, 0) is 6.18 Å². The highest BCUT2D eigenvalue weighted by molar-refractivity contribution is 7.13. The maximum atomic E-state index is 13.1. The van der Waals surface area contributed by atoms with Crippen LogP contribution in [0.15, 0.2) is 47.8 Å². The molecule has 0 unspecified atom stereocenters. The second-order valence-corrected chi connectivity index (χ2v) is 5.85. The molecule has 0 saturated carbocycles. The summed E-state index contributed by atoms with van der Waals surface area (Å²) in [6, 6.07) is 10.5. The first-order chi connectivity index (χ1) is 12.0. The molecule has 130 valence electrons. The molecule has 8 heteroatoms. The van der Waals surface area contributed by atoms with E-state index in [4.69, 9.17) is 9.47 Å². The van der Waals surface area contributed by atoms with Crippen molar-refractivity contribution in [2.45, 2.75) is 13.1 Å². The standard InChI is InChI=1S/C17H13F3N2O2S/c1-2-23-11-5-7-12(8-6-11)24-16-21-13(14-4-3-9-25-14)10-15(22-16)17(18,19)20/h3-10H,2H2,1H3. The number of alkyl halides is 3. The van der Waals surface area contributed by atoms with Gasteiger partial charge in [0, 0.05) is 0 Å². The van der Waals surface area contributed by atoms with E-state index in [-0.39, 0.29) is 11.7 Å². The summed E-state index contributed by atoms with van der Waals surface area (Å²) in [6.45, 7) is 2.37. The first-order valence-corrected chi connectivity index (χ1v) is 8.24. The largest absolute Gasteiger partial charge is 0.494 e. The van der Waals surface area contributed by atoms with Crippen LogP contribution in [0.1, 0.15) is 12.6 Å². The Morgan fingerprint density at radius 2 is 1.76 bits per heavy atom. The van der Waals surface area contributed by atoms with E-state index in [0.29, 0.717) is 23.0 Å². The molecule has 3 aromatic rings. The van der Waals surface area contributed by atoms with Gasteiger partial charge in [-0.3, -0.25) is 0 Å². The lowest BCUT2D eigenvalue weighted by molar-refractivity contribution is -0.141. The van der Waals surface area contributed by atoms with E-state index in [0.717, 1.165) is 6.07 Å². The number of thiophene rings is 1. The van der Waals surface area contributed by atoms with E-state index in [9.17, 15) is 13.2 Å². The minimum atomic E-state index is -4.59. The molecule has 0 atom stereocenters. The van der Waals surface area contributed by atoms with Crippen LogP contribution in [0.25, 0.3) is 10.6 Å². The summed E-state index contributed by atoms with van der Waals surface area (Å²) in [5.41, 5.74) is -0.884. The molecule has 0 N–H and O–H groups in total. The molecule has 0 radical (unpaired) electrons. The van der Waals surface area contributed by atoms with Gasteiger partial charge in [-0.15, -0.1) is 11.3 Å². The molecule has 0 spiro atoms. The predicted molar refractivity (Wildman–Crippen MR) is 88.0 cm³/mol. The fourth-order valence-electron chi connectivity index (χ4n) is 2.04. The normalized spacial score (nSPS) is 11.4. The van der Waals surface area contributed by atoms with Gasteiger partial charge in [-0.05, 0) is 48.7 Å². The molecule has 0 saturated heterocycles. The Labute approximate surface area is 145 Å². The summed E-state index contributed by atoms with van der Waals surface area (Å²) in [7, 11) is 0. The van der Waals surface area contributed by atoms with Crippen LogP contribution < -0.4 is 9.47 Å². The molecule has 2 aromatic heterocycles. The zero-order valence-corrected chi connectivity index (χ0v) is 13.9. The minimum absolute atomic E-state index is 0.165. The highest BCUT2D eigenvalue weighted by Gasteiger charge is 2.34. The van der Waals surface area contributed by atoms with Crippen molar-refractivity contribution in [2.24, 2.45) is 0 Å². The fraction of sp³-hybridized carbons (Fsp3) is 0.176. The summed E-state index contributed by atoms with van der Waals surface area (Å²) in [4.78, 5) is 8.17. The number of aromatic nitrogens is 2. The lowest BCUT2D eigenvalue weighted by Gasteiger charge is -2.11. The molecule has 0 aliphatic heterocycles. The number of benzene rings is 1. The van der Waals surface area contributed by atoms with E-state index in [1.807, 2.05) is 6.92 Å². The third kappa shape index (κ3) is 4.27. The van der Waals surface area contributed by atoms with Gasteiger partial charge in [-0.2, -0.15) is 23.1 Å². The molecule has 0 aliphatic carbocycles. The quantitative estimate of drug-likeness (QED) is 0.605. The van der Waals surface area contributed by atoms with Crippen LogP contribution >= 0.6 is 11.3 Å². The highest BCUT2D eigenvalue weighted by Crippen LogP contribution is 2.33. The number of hydrogen-bond acceptors (Lipinski definition) is 5. The van der Waals surface area contributed by atoms with Crippen LogP contribution in [-0.4, -0.2) is 16.6 Å². The summed E-state index contributed by atoms with van der Waals surface area (Å²) in [5, 5.41) is 1.76. The van der Waals surface area contributed by atoms with Gasteiger partial charge in [-0.25, -0.2) is 0 Å². The monoisotopic (exact) mass is 366 g/mol. The maximum Gasteiger partial charge on any atom is 0.433 e. The number of halogens is 3. The van der Waals surface area contributed by atoms with Crippen molar-refractivity contribution in [3.63, 3.8) is 0 Å². The summed E-state index contributed by atoms with van der Waals surface area (Å²) in [5.74, 6) is 0.957. The fourth-order valence-corrected chi connectivity index (χ4v) is 2.73. The van der Waals surface area contributed by atoms with Crippen molar-refractivity contribution in [2.75, 3.05) is 6.61 Å². The third-order valence-electron chi connectivity index (χ3n) is 3.11. The van der Waals surface area contributed by atoms with E-state index in [2.05, 4.69) is 9.97 Å². The molecule has 0 aliphatic rings. The van der Waals surface area contributed by atoms with Crippen molar-refractivity contribution >= 4 is 11.3 Å². The first-order valence-electron chi connectivity index (χ1n) is 7.36. The van der Waals surface area contributed by atoms with Crippen molar-refractivity contribution in [3.05, 3.63) is 53.5 Å². The number of hydrogen-bond donors (Lipinski definition) is 0. The Balaban J connectivity index is 1.93. The van der Waals surface area contributed by atoms with Gasteiger partial charge in [0.2, 0.25) is 0 Å². The Morgan fingerprint density at radius 3 is 2.36 bits per heavy atom. The lowest BCUT2D eigenvalue weighted by Crippen LogP contribution is -2.10. The van der Waals surface area contributed by atoms with Gasteiger partial charge < -0.3 is 9.47 Å². The minimum Gasteiger partial charge on any atom is -0.494 e. The SMILES string of the molecule is CCOc1ccc(Oc2nc(-c3cccs3)cc(C(F)(F)F)n2)cc1. The Kier molecular flexibility index (Phi) is 4.89.